The first kappa shape index (κ1) is 25.4. The summed E-state index contributed by atoms with van der Waals surface area (Å²) in [6.07, 6.45) is 0. The fraction of sp³-hybridized carbons (Fsp3) is 0.214. The van der Waals surface area contributed by atoms with Crippen LogP contribution in [0.25, 0.3) is 21.9 Å². The maximum Gasteiger partial charge on any atom is 0.357 e. The minimum absolute atomic E-state index is 0.0229. The third kappa shape index (κ3) is 4.75. The number of carbonyl (C=O) groups is 1. The lowest BCUT2D eigenvalue weighted by atomic mass is 9.96. The number of nitrogens with one attached hydrogen (secondary N) is 1. The number of pyridine rings is 1. The van der Waals surface area contributed by atoms with Gasteiger partial charge in [0.2, 0.25) is 5.75 Å². The van der Waals surface area contributed by atoms with E-state index in [2.05, 4.69) is 5.43 Å². The molecule has 0 radical (unpaired) electrons. The fourth-order valence-corrected chi connectivity index (χ4v) is 4.23. The SMILES string of the molecule is CNn1c(C(=O)OC)c(-c2cc(OC)c(OC)c(OC)c2)c2ccc(OCc3ccccc3)cc2c1=O. The number of hydrogen-bond acceptors (Lipinski definition) is 8. The normalized spacial score (nSPS) is 10.6. The molecule has 4 rings (SSSR count). The molecule has 0 spiro atoms. The molecule has 0 atom stereocenters. The van der Waals surface area contributed by atoms with E-state index in [-0.39, 0.29) is 5.69 Å². The number of fused-ring (bicyclic) bond motifs is 1. The summed E-state index contributed by atoms with van der Waals surface area (Å²) >= 11 is 0. The molecule has 0 unspecified atom stereocenters. The summed E-state index contributed by atoms with van der Waals surface area (Å²) in [5.41, 5.74) is 4.41. The van der Waals surface area contributed by atoms with Gasteiger partial charge in [0.05, 0.1) is 33.8 Å². The zero-order chi connectivity index (χ0) is 26.5. The minimum atomic E-state index is -0.693. The second-order valence-electron chi connectivity index (χ2n) is 7.98. The number of ether oxygens (including phenoxy) is 5. The van der Waals surface area contributed by atoms with Gasteiger partial charge in [0.15, 0.2) is 17.2 Å². The monoisotopic (exact) mass is 504 g/mol. The van der Waals surface area contributed by atoms with E-state index in [9.17, 15) is 9.59 Å². The maximum atomic E-state index is 13.5. The van der Waals surface area contributed by atoms with E-state index < -0.39 is 11.5 Å². The van der Waals surface area contributed by atoms with Crippen LogP contribution in [0.1, 0.15) is 16.1 Å². The first-order valence-electron chi connectivity index (χ1n) is 11.4. The second kappa shape index (κ2) is 10.9. The molecular weight excluding hydrogens is 476 g/mol. The van der Waals surface area contributed by atoms with Crippen molar-refractivity contribution in [2.24, 2.45) is 0 Å². The number of hydrogen-bond donors (Lipinski definition) is 1. The van der Waals surface area contributed by atoms with Gasteiger partial charge >= 0.3 is 5.97 Å². The van der Waals surface area contributed by atoms with Crippen LogP contribution in [0.2, 0.25) is 0 Å². The van der Waals surface area contributed by atoms with Crippen LogP contribution in [0.15, 0.2) is 65.5 Å². The Morgan fingerprint density at radius 3 is 2.11 bits per heavy atom. The summed E-state index contributed by atoms with van der Waals surface area (Å²) < 4.78 is 28.7. The van der Waals surface area contributed by atoms with Gasteiger partial charge in [-0.25, -0.2) is 9.47 Å². The zero-order valence-electron chi connectivity index (χ0n) is 21.3. The average Bonchev–Trinajstić information content (AvgIpc) is 2.95. The van der Waals surface area contributed by atoms with E-state index in [1.54, 1.807) is 37.4 Å². The van der Waals surface area contributed by atoms with Crippen LogP contribution in [-0.2, 0) is 11.3 Å². The van der Waals surface area contributed by atoms with E-state index in [1.807, 2.05) is 30.3 Å². The summed E-state index contributed by atoms with van der Waals surface area (Å²) in [5, 5.41) is 0.870. The lowest BCUT2D eigenvalue weighted by Crippen LogP contribution is -2.33. The number of rotatable bonds is 9. The molecule has 37 heavy (non-hydrogen) atoms. The van der Waals surface area contributed by atoms with Crippen molar-refractivity contribution in [3.8, 4) is 34.1 Å². The Balaban J connectivity index is 1.99. The minimum Gasteiger partial charge on any atom is -0.493 e. The quantitative estimate of drug-likeness (QED) is 0.338. The number of aromatic nitrogens is 1. The summed E-state index contributed by atoms with van der Waals surface area (Å²) in [6.45, 7) is 0.340. The molecule has 1 aromatic heterocycles. The molecule has 3 aromatic carbocycles. The van der Waals surface area contributed by atoms with E-state index in [1.165, 1.54) is 28.4 Å². The van der Waals surface area contributed by atoms with Crippen molar-refractivity contribution in [1.29, 1.82) is 0 Å². The standard InChI is InChI=1S/C28H28N2O7/c1-29-30-25(28(32)36-5)24(18-13-22(33-2)26(35-4)23(14-18)34-3)20-12-11-19(15-21(20)27(30)31)37-16-17-9-7-6-8-10-17/h6-15,29H,16H2,1-5H3. The van der Waals surface area contributed by atoms with Crippen LogP contribution >= 0.6 is 0 Å². The van der Waals surface area contributed by atoms with Crippen molar-refractivity contribution in [3.05, 3.63) is 82.3 Å². The van der Waals surface area contributed by atoms with E-state index in [0.29, 0.717) is 51.5 Å². The van der Waals surface area contributed by atoms with Gasteiger partial charge in [0.1, 0.15) is 12.4 Å². The lowest BCUT2D eigenvalue weighted by Gasteiger charge is -2.20. The van der Waals surface area contributed by atoms with E-state index in [0.717, 1.165) is 10.2 Å². The molecule has 0 amide bonds. The van der Waals surface area contributed by atoms with E-state index >= 15 is 0 Å². The first-order valence-corrected chi connectivity index (χ1v) is 11.4. The van der Waals surface area contributed by atoms with Gasteiger partial charge in [0.25, 0.3) is 5.56 Å². The van der Waals surface area contributed by atoms with Gasteiger partial charge in [-0.05, 0) is 46.8 Å². The Bertz CT molecular complexity index is 1470. The molecule has 0 saturated heterocycles. The Labute approximate surface area is 214 Å². The van der Waals surface area contributed by atoms with Crippen molar-refractivity contribution < 1.29 is 28.5 Å². The van der Waals surface area contributed by atoms with Crippen molar-refractivity contribution in [1.82, 2.24) is 4.68 Å². The molecule has 0 bridgehead atoms. The Hall–Kier alpha value is -4.66. The van der Waals surface area contributed by atoms with Gasteiger partial charge < -0.3 is 29.1 Å². The number of methoxy groups -OCH3 is 4. The molecule has 0 aliphatic carbocycles. The lowest BCUT2D eigenvalue weighted by molar-refractivity contribution is 0.0590. The molecule has 0 saturated carbocycles. The highest BCUT2D eigenvalue weighted by Crippen LogP contribution is 2.43. The molecular formula is C28H28N2O7. The first-order chi connectivity index (χ1) is 18.0. The zero-order valence-corrected chi connectivity index (χ0v) is 21.3. The van der Waals surface area contributed by atoms with Crippen LogP contribution in [0.5, 0.6) is 23.0 Å². The molecule has 0 aliphatic rings. The molecule has 1 heterocycles. The predicted octanol–water partition coefficient (Wildman–Crippen LogP) is 4.23. The molecule has 1 N–H and O–H groups in total. The predicted molar refractivity (Wildman–Crippen MR) is 141 cm³/mol. The summed E-state index contributed by atoms with van der Waals surface area (Å²) in [5.74, 6) is 1.01. The van der Waals surface area contributed by atoms with Crippen molar-refractivity contribution in [2.75, 3.05) is 40.9 Å². The third-order valence-electron chi connectivity index (χ3n) is 5.96. The van der Waals surface area contributed by atoms with Crippen molar-refractivity contribution in [2.45, 2.75) is 6.61 Å². The highest BCUT2D eigenvalue weighted by atomic mass is 16.5. The topological polar surface area (TPSA) is 97.3 Å². The van der Waals surface area contributed by atoms with Crippen LogP contribution in [0.4, 0.5) is 0 Å². The van der Waals surface area contributed by atoms with Gasteiger partial charge in [-0.3, -0.25) is 4.79 Å². The van der Waals surface area contributed by atoms with Gasteiger partial charge in [-0.2, -0.15) is 0 Å². The number of carbonyl (C=O) groups excluding carboxylic acids is 1. The maximum absolute atomic E-state index is 13.5. The van der Waals surface area contributed by atoms with Gasteiger partial charge in [0, 0.05) is 12.6 Å². The van der Waals surface area contributed by atoms with Crippen LogP contribution in [0.3, 0.4) is 0 Å². The van der Waals surface area contributed by atoms with Crippen LogP contribution < -0.4 is 29.9 Å². The Morgan fingerprint density at radius 1 is 0.865 bits per heavy atom. The fourth-order valence-electron chi connectivity index (χ4n) is 4.23. The molecule has 0 aliphatic heterocycles. The summed E-state index contributed by atoms with van der Waals surface area (Å²) in [6, 6.07) is 18.3. The summed E-state index contributed by atoms with van der Waals surface area (Å²) in [7, 11) is 7.33. The molecule has 4 aromatic rings. The third-order valence-corrected chi connectivity index (χ3v) is 5.96. The molecule has 9 heteroatoms. The average molecular weight is 505 g/mol. The number of nitrogens with zero attached hydrogens (tertiary/aromatic N) is 1. The highest BCUT2D eigenvalue weighted by Gasteiger charge is 2.26. The van der Waals surface area contributed by atoms with Gasteiger partial charge in [-0.1, -0.05) is 30.3 Å². The van der Waals surface area contributed by atoms with E-state index in [4.69, 9.17) is 23.7 Å². The molecule has 9 nitrogen and oxygen atoms in total. The van der Waals surface area contributed by atoms with Crippen LogP contribution in [0, 0.1) is 0 Å². The molecule has 0 fully saturated rings. The smallest absolute Gasteiger partial charge is 0.357 e. The van der Waals surface area contributed by atoms with Crippen molar-refractivity contribution in [3.63, 3.8) is 0 Å². The Kier molecular flexibility index (Phi) is 7.52. The number of benzene rings is 3. The van der Waals surface area contributed by atoms with Gasteiger partial charge in [-0.15, -0.1) is 0 Å². The summed E-state index contributed by atoms with van der Waals surface area (Å²) in [4.78, 5) is 26.5. The molecule has 192 valence electrons. The second-order valence-corrected chi connectivity index (χ2v) is 7.98. The van der Waals surface area contributed by atoms with Crippen LogP contribution in [-0.4, -0.2) is 46.1 Å². The Morgan fingerprint density at radius 2 is 1.54 bits per heavy atom. The highest BCUT2D eigenvalue weighted by molar-refractivity contribution is 6.07. The largest absolute Gasteiger partial charge is 0.493 e. The van der Waals surface area contributed by atoms with Crippen molar-refractivity contribution >= 4 is 16.7 Å². The number of esters is 1.